The first kappa shape index (κ1) is 15.6. The van der Waals surface area contributed by atoms with Gasteiger partial charge in [-0.25, -0.2) is 4.79 Å². The first-order valence-corrected chi connectivity index (χ1v) is 6.25. The second kappa shape index (κ2) is 7.85. The Bertz CT molecular complexity index is 545. The van der Waals surface area contributed by atoms with E-state index in [1.54, 1.807) is 31.4 Å². The van der Waals surface area contributed by atoms with Crippen LogP contribution in [0.2, 0.25) is 0 Å². The van der Waals surface area contributed by atoms with Crippen LogP contribution in [0.1, 0.15) is 18.9 Å². The third-order valence-electron chi connectivity index (χ3n) is 2.80. The van der Waals surface area contributed by atoms with Gasteiger partial charge in [-0.2, -0.15) is 5.26 Å². The normalized spacial score (nSPS) is 10.6. The number of hydrogen-bond acceptors (Lipinski definition) is 5. The van der Waals surface area contributed by atoms with Gasteiger partial charge < -0.3 is 14.8 Å². The molecule has 1 aromatic carbocycles. The fraction of sp³-hybridized carbons (Fsp3) is 0.333. The van der Waals surface area contributed by atoms with Crippen molar-refractivity contribution in [1.29, 1.82) is 5.26 Å². The molecule has 0 spiro atoms. The van der Waals surface area contributed by atoms with Crippen molar-refractivity contribution < 1.29 is 14.3 Å². The van der Waals surface area contributed by atoms with Crippen molar-refractivity contribution in [2.45, 2.75) is 13.3 Å². The van der Waals surface area contributed by atoms with E-state index in [0.29, 0.717) is 29.9 Å². The molecule has 0 bridgehead atoms. The lowest BCUT2D eigenvalue weighted by Crippen LogP contribution is -2.07. The maximum Gasteiger partial charge on any atom is 0.333 e. The van der Waals surface area contributed by atoms with E-state index in [0.717, 1.165) is 5.69 Å². The van der Waals surface area contributed by atoms with E-state index in [4.69, 9.17) is 10.00 Å². The Balaban J connectivity index is 2.77. The summed E-state index contributed by atoms with van der Waals surface area (Å²) in [4.78, 5) is 11.4. The van der Waals surface area contributed by atoms with E-state index in [1.165, 1.54) is 7.11 Å². The Morgan fingerprint density at radius 3 is 2.75 bits per heavy atom. The molecule has 0 aliphatic carbocycles. The number of ether oxygens (including phenoxy) is 2. The second-order valence-corrected chi connectivity index (χ2v) is 3.98. The molecule has 1 aromatic rings. The number of nitriles is 1. The molecule has 20 heavy (non-hydrogen) atoms. The van der Waals surface area contributed by atoms with Crippen molar-refractivity contribution in [2.75, 3.05) is 26.1 Å². The number of esters is 1. The number of benzene rings is 1. The van der Waals surface area contributed by atoms with Crippen LogP contribution in [0.4, 0.5) is 5.69 Å². The zero-order chi connectivity index (χ0) is 15.0. The van der Waals surface area contributed by atoms with Gasteiger partial charge in [-0.15, -0.1) is 0 Å². The molecule has 0 heterocycles. The van der Waals surface area contributed by atoms with Gasteiger partial charge in [-0.3, -0.25) is 0 Å². The number of carbonyl (C=O) groups excluding carboxylic acids is 1. The van der Waals surface area contributed by atoms with Crippen LogP contribution in [0, 0.1) is 11.3 Å². The minimum atomic E-state index is -0.318. The van der Waals surface area contributed by atoms with Gasteiger partial charge in [-0.1, -0.05) is 13.0 Å². The van der Waals surface area contributed by atoms with Crippen LogP contribution in [0.25, 0.3) is 0 Å². The summed E-state index contributed by atoms with van der Waals surface area (Å²) in [5.74, 6) is 0.273. The highest BCUT2D eigenvalue weighted by Crippen LogP contribution is 2.25. The van der Waals surface area contributed by atoms with Crippen LogP contribution in [-0.4, -0.2) is 26.7 Å². The average Bonchev–Trinajstić information content (AvgIpc) is 2.50. The first-order chi connectivity index (χ1) is 9.65. The Morgan fingerprint density at radius 2 is 2.20 bits per heavy atom. The summed E-state index contributed by atoms with van der Waals surface area (Å²) in [7, 11) is 2.91. The van der Waals surface area contributed by atoms with Crippen LogP contribution in [0.3, 0.4) is 0 Å². The molecule has 106 valence electrons. The Morgan fingerprint density at radius 1 is 1.45 bits per heavy atom. The summed E-state index contributed by atoms with van der Waals surface area (Å²) >= 11 is 0. The summed E-state index contributed by atoms with van der Waals surface area (Å²) in [5.41, 5.74) is 1.92. The number of rotatable bonds is 6. The maximum atomic E-state index is 11.4. The monoisotopic (exact) mass is 274 g/mol. The number of anilines is 1. The van der Waals surface area contributed by atoms with E-state index in [-0.39, 0.29) is 5.97 Å². The predicted octanol–water partition coefficient (Wildman–Crippen LogP) is 2.49. The highest BCUT2D eigenvalue weighted by molar-refractivity contribution is 5.88. The molecule has 0 aromatic heterocycles. The summed E-state index contributed by atoms with van der Waals surface area (Å²) in [6, 6.07) is 7.19. The van der Waals surface area contributed by atoms with Crippen LogP contribution >= 0.6 is 0 Å². The Labute approximate surface area is 118 Å². The van der Waals surface area contributed by atoms with Gasteiger partial charge in [0.05, 0.1) is 31.5 Å². The lowest BCUT2D eigenvalue weighted by atomic mass is 10.2. The molecule has 0 radical (unpaired) electrons. The molecule has 0 aliphatic rings. The zero-order valence-electron chi connectivity index (χ0n) is 11.9. The lowest BCUT2D eigenvalue weighted by Gasteiger charge is -2.10. The molecule has 0 saturated carbocycles. The minimum absolute atomic E-state index is 0.318. The van der Waals surface area contributed by atoms with Crippen molar-refractivity contribution >= 4 is 11.7 Å². The number of hydrogen-bond donors (Lipinski definition) is 1. The largest absolute Gasteiger partial charge is 0.495 e. The standard InChI is InChI=1S/C15H18N2O3/c1-4-12(15(18)20-3)7-8-17-13-6-5-11(10-16)9-14(13)19-2/h5-7,9,17H,4,8H2,1-3H3/b12-7-. The van der Waals surface area contributed by atoms with E-state index in [1.807, 2.05) is 6.92 Å². The third kappa shape index (κ3) is 4.02. The van der Waals surface area contributed by atoms with Crippen LogP contribution in [-0.2, 0) is 9.53 Å². The van der Waals surface area contributed by atoms with Gasteiger partial charge in [0.2, 0.25) is 0 Å². The summed E-state index contributed by atoms with van der Waals surface area (Å²) < 4.78 is 9.90. The van der Waals surface area contributed by atoms with Gasteiger partial charge in [0.1, 0.15) is 5.75 Å². The maximum absolute atomic E-state index is 11.4. The summed E-state index contributed by atoms with van der Waals surface area (Å²) in [6.45, 7) is 2.37. The Kier molecular flexibility index (Phi) is 6.11. The van der Waals surface area contributed by atoms with Crippen molar-refractivity contribution in [1.82, 2.24) is 0 Å². The molecule has 0 unspecified atom stereocenters. The number of nitrogens with zero attached hydrogens (tertiary/aromatic N) is 1. The fourth-order valence-electron chi connectivity index (χ4n) is 1.69. The molecular formula is C15H18N2O3. The first-order valence-electron chi connectivity index (χ1n) is 6.25. The predicted molar refractivity (Wildman–Crippen MR) is 76.6 cm³/mol. The van der Waals surface area contributed by atoms with Crippen molar-refractivity contribution in [3.8, 4) is 11.8 Å². The molecule has 0 saturated heterocycles. The van der Waals surface area contributed by atoms with Crippen molar-refractivity contribution in [2.24, 2.45) is 0 Å². The van der Waals surface area contributed by atoms with Gasteiger partial charge in [0.25, 0.3) is 0 Å². The SMILES string of the molecule is CC/C(=C/CNc1ccc(C#N)cc1OC)C(=O)OC. The number of methoxy groups -OCH3 is 2. The average molecular weight is 274 g/mol. The van der Waals surface area contributed by atoms with Crippen molar-refractivity contribution in [3.63, 3.8) is 0 Å². The van der Waals surface area contributed by atoms with E-state index >= 15 is 0 Å². The Hall–Kier alpha value is -2.48. The van der Waals surface area contributed by atoms with Gasteiger partial charge in [0, 0.05) is 18.2 Å². The van der Waals surface area contributed by atoms with Gasteiger partial charge in [0.15, 0.2) is 0 Å². The molecule has 1 rings (SSSR count). The van der Waals surface area contributed by atoms with Crippen LogP contribution < -0.4 is 10.1 Å². The second-order valence-electron chi connectivity index (χ2n) is 3.98. The molecule has 0 fully saturated rings. The molecule has 0 atom stereocenters. The third-order valence-corrected chi connectivity index (χ3v) is 2.80. The molecule has 5 heteroatoms. The summed E-state index contributed by atoms with van der Waals surface area (Å²) in [5, 5.41) is 12.0. The zero-order valence-corrected chi connectivity index (χ0v) is 11.9. The van der Waals surface area contributed by atoms with Crippen LogP contribution in [0.5, 0.6) is 5.75 Å². The lowest BCUT2D eigenvalue weighted by molar-refractivity contribution is -0.136. The number of nitrogens with one attached hydrogen (secondary N) is 1. The molecular weight excluding hydrogens is 256 g/mol. The van der Waals surface area contributed by atoms with E-state index in [2.05, 4.69) is 16.1 Å². The molecule has 5 nitrogen and oxygen atoms in total. The van der Waals surface area contributed by atoms with E-state index < -0.39 is 0 Å². The van der Waals surface area contributed by atoms with Gasteiger partial charge in [-0.05, 0) is 18.6 Å². The fourth-order valence-corrected chi connectivity index (χ4v) is 1.69. The highest BCUT2D eigenvalue weighted by atomic mass is 16.5. The van der Waals surface area contributed by atoms with Gasteiger partial charge >= 0.3 is 5.97 Å². The molecule has 0 aliphatic heterocycles. The number of carbonyl (C=O) groups is 1. The quantitative estimate of drug-likeness (QED) is 0.637. The smallest absolute Gasteiger partial charge is 0.333 e. The molecule has 1 N–H and O–H groups in total. The topological polar surface area (TPSA) is 71.3 Å². The molecule has 0 amide bonds. The summed E-state index contributed by atoms with van der Waals surface area (Å²) in [6.07, 6.45) is 2.39. The van der Waals surface area contributed by atoms with Crippen LogP contribution in [0.15, 0.2) is 29.8 Å². The highest BCUT2D eigenvalue weighted by Gasteiger charge is 2.07. The van der Waals surface area contributed by atoms with Crippen molar-refractivity contribution in [3.05, 3.63) is 35.4 Å². The minimum Gasteiger partial charge on any atom is -0.495 e. The van der Waals surface area contributed by atoms with E-state index in [9.17, 15) is 4.79 Å².